The molecular weight excluding hydrogens is 212 g/mol. The summed E-state index contributed by atoms with van der Waals surface area (Å²) in [5.41, 5.74) is 1.27. The maximum atomic E-state index is 5.70. The van der Waals surface area contributed by atoms with Gasteiger partial charge in [-0.1, -0.05) is 27.4 Å². The highest BCUT2D eigenvalue weighted by atomic mass is 16.5. The molecule has 0 aromatic rings. The highest BCUT2D eigenvalue weighted by Gasteiger charge is 2.25. The van der Waals surface area contributed by atoms with Gasteiger partial charge in [0.25, 0.3) is 0 Å². The molecule has 17 heavy (non-hydrogen) atoms. The minimum absolute atomic E-state index is 0.351. The number of hydrogen-bond donors (Lipinski definition) is 1. The van der Waals surface area contributed by atoms with E-state index in [1.54, 1.807) is 0 Å². The summed E-state index contributed by atoms with van der Waals surface area (Å²) < 4.78 is 5.70. The Morgan fingerprint density at radius 3 is 2.82 bits per heavy atom. The van der Waals surface area contributed by atoms with Gasteiger partial charge in [-0.05, 0) is 18.9 Å². The van der Waals surface area contributed by atoms with E-state index < -0.39 is 0 Å². The van der Waals surface area contributed by atoms with Crippen LogP contribution in [0.25, 0.3) is 0 Å². The monoisotopic (exact) mass is 240 g/mol. The van der Waals surface area contributed by atoms with Crippen LogP contribution in [0.5, 0.6) is 0 Å². The van der Waals surface area contributed by atoms with Crippen LogP contribution >= 0.6 is 0 Å². The molecular formula is C14H28N2O. The van der Waals surface area contributed by atoms with E-state index >= 15 is 0 Å². The van der Waals surface area contributed by atoms with Gasteiger partial charge in [-0.25, -0.2) is 0 Å². The molecule has 2 unspecified atom stereocenters. The Balaban J connectivity index is 2.38. The smallest absolute Gasteiger partial charge is 0.0674 e. The van der Waals surface area contributed by atoms with Crippen molar-refractivity contribution in [3.8, 4) is 0 Å². The van der Waals surface area contributed by atoms with E-state index in [1.165, 1.54) is 5.57 Å². The zero-order valence-electron chi connectivity index (χ0n) is 11.8. The molecule has 1 fully saturated rings. The Bertz CT molecular complexity index is 240. The van der Waals surface area contributed by atoms with Gasteiger partial charge in [-0.2, -0.15) is 0 Å². The van der Waals surface area contributed by atoms with Crippen LogP contribution in [0, 0.1) is 0 Å². The molecule has 0 aromatic carbocycles. The molecule has 1 saturated heterocycles. The summed E-state index contributed by atoms with van der Waals surface area (Å²) in [5.74, 6) is 0. The molecule has 0 aliphatic carbocycles. The van der Waals surface area contributed by atoms with E-state index in [0.29, 0.717) is 18.2 Å². The molecule has 0 radical (unpaired) electrons. The Morgan fingerprint density at radius 2 is 2.24 bits per heavy atom. The lowest BCUT2D eigenvalue weighted by Crippen LogP contribution is -2.49. The van der Waals surface area contributed by atoms with Gasteiger partial charge in [-0.3, -0.25) is 4.90 Å². The predicted molar refractivity (Wildman–Crippen MR) is 73.3 cm³/mol. The Morgan fingerprint density at radius 1 is 1.53 bits per heavy atom. The molecule has 1 rings (SSSR count). The summed E-state index contributed by atoms with van der Waals surface area (Å²) in [7, 11) is 0. The van der Waals surface area contributed by atoms with E-state index in [1.807, 2.05) is 0 Å². The normalized spacial score (nSPS) is 26.4. The first kappa shape index (κ1) is 14.7. The van der Waals surface area contributed by atoms with Gasteiger partial charge in [0.05, 0.1) is 12.7 Å². The number of hydrogen-bond acceptors (Lipinski definition) is 3. The molecule has 1 aliphatic rings. The van der Waals surface area contributed by atoms with E-state index in [4.69, 9.17) is 4.74 Å². The summed E-state index contributed by atoms with van der Waals surface area (Å²) in [6.07, 6.45) is 1.50. The summed E-state index contributed by atoms with van der Waals surface area (Å²) in [4.78, 5) is 2.51. The summed E-state index contributed by atoms with van der Waals surface area (Å²) in [6.45, 7) is 16.7. The number of ether oxygens (including phenoxy) is 1. The molecule has 3 heteroatoms. The Hall–Kier alpha value is -0.380. The first-order valence-corrected chi connectivity index (χ1v) is 6.78. The summed E-state index contributed by atoms with van der Waals surface area (Å²) in [5, 5.41) is 3.42. The van der Waals surface area contributed by atoms with Crippen molar-refractivity contribution in [3.05, 3.63) is 12.2 Å². The largest absolute Gasteiger partial charge is 0.376 e. The standard InChI is InChI=1S/C14H28N2O/c1-6-14-10-17-13(5)9-16(14)8-12(4)7-15-11(2)3/h11,13-15H,4,6-10H2,1-3,5H3. The van der Waals surface area contributed by atoms with E-state index in [0.717, 1.165) is 32.7 Å². The van der Waals surface area contributed by atoms with Crippen molar-refractivity contribution in [2.75, 3.05) is 26.2 Å². The van der Waals surface area contributed by atoms with Crippen LogP contribution < -0.4 is 5.32 Å². The fraction of sp³-hybridized carbons (Fsp3) is 0.857. The molecule has 100 valence electrons. The average molecular weight is 240 g/mol. The molecule has 1 heterocycles. The lowest BCUT2D eigenvalue weighted by molar-refractivity contribution is -0.0522. The van der Waals surface area contributed by atoms with Crippen LogP contribution in [0.2, 0.25) is 0 Å². The van der Waals surface area contributed by atoms with Crippen molar-refractivity contribution in [2.24, 2.45) is 0 Å². The van der Waals surface area contributed by atoms with Crippen LogP contribution in [-0.4, -0.2) is 49.3 Å². The van der Waals surface area contributed by atoms with Crippen molar-refractivity contribution < 1.29 is 4.74 Å². The first-order valence-electron chi connectivity index (χ1n) is 6.78. The highest BCUT2D eigenvalue weighted by molar-refractivity contribution is 5.01. The minimum atomic E-state index is 0.351. The van der Waals surface area contributed by atoms with Crippen LogP contribution in [0.15, 0.2) is 12.2 Å². The van der Waals surface area contributed by atoms with Crippen molar-refractivity contribution in [3.63, 3.8) is 0 Å². The van der Waals surface area contributed by atoms with Crippen LogP contribution in [-0.2, 0) is 4.74 Å². The van der Waals surface area contributed by atoms with Crippen molar-refractivity contribution in [2.45, 2.75) is 52.3 Å². The van der Waals surface area contributed by atoms with E-state index in [-0.39, 0.29) is 0 Å². The zero-order chi connectivity index (χ0) is 12.8. The lowest BCUT2D eigenvalue weighted by Gasteiger charge is -2.38. The molecule has 3 nitrogen and oxygen atoms in total. The zero-order valence-corrected chi connectivity index (χ0v) is 11.8. The molecule has 1 aliphatic heterocycles. The third-order valence-electron chi connectivity index (χ3n) is 3.24. The summed E-state index contributed by atoms with van der Waals surface area (Å²) >= 11 is 0. The van der Waals surface area contributed by atoms with Crippen molar-refractivity contribution >= 4 is 0 Å². The Labute approximate surface area is 106 Å². The van der Waals surface area contributed by atoms with Crippen LogP contribution in [0.3, 0.4) is 0 Å². The van der Waals surface area contributed by atoms with Gasteiger partial charge < -0.3 is 10.1 Å². The molecule has 0 saturated carbocycles. The molecule has 2 atom stereocenters. The topological polar surface area (TPSA) is 24.5 Å². The molecule has 1 N–H and O–H groups in total. The molecule has 0 aromatic heterocycles. The lowest BCUT2D eigenvalue weighted by atomic mass is 10.1. The van der Waals surface area contributed by atoms with E-state index in [9.17, 15) is 0 Å². The molecule has 0 bridgehead atoms. The van der Waals surface area contributed by atoms with Crippen LogP contribution in [0.4, 0.5) is 0 Å². The van der Waals surface area contributed by atoms with Crippen molar-refractivity contribution in [1.82, 2.24) is 10.2 Å². The maximum Gasteiger partial charge on any atom is 0.0674 e. The second-order valence-corrected chi connectivity index (χ2v) is 5.42. The number of morpholine rings is 1. The minimum Gasteiger partial charge on any atom is -0.376 e. The third-order valence-corrected chi connectivity index (χ3v) is 3.24. The maximum absolute atomic E-state index is 5.70. The fourth-order valence-corrected chi connectivity index (χ4v) is 2.17. The summed E-state index contributed by atoms with van der Waals surface area (Å²) in [6, 6.07) is 1.08. The quantitative estimate of drug-likeness (QED) is 0.719. The second kappa shape index (κ2) is 7.14. The van der Waals surface area contributed by atoms with Gasteiger partial charge in [0.2, 0.25) is 0 Å². The first-order chi connectivity index (χ1) is 8.02. The van der Waals surface area contributed by atoms with Gasteiger partial charge in [0, 0.05) is 31.7 Å². The van der Waals surface area contributed by atoms with E-state index in [2.05, 4.69) is 44.5 Å². The predicted octanol–water partition coefficient (Wildman–Crippen LogP) is 2.04. The number of nitrogens with one attached hydrogen (secondary N) is 1. The van der Waals surface area contributed by atoms with Gasteiger partial charge in [-0.15, -0.1) is 0 Å². The number of nitrogens with zero attached hydrogens (tertiary/aromatic N) is 1. The van der Waals surface area contributed by atoms with Gasteiger partial charge >= 0.3 is 0 Å². The van der Waals surface area contributed by atoms with Gasteiger partial charge in [0.15, 0.2) is 0 Å². The fourth-order valence-electron chi connectivity index (χ4n) is 2.17. The number of rotatable bonds is 6. The molecule has 0 spiro atoms. The van der Waals surface area contributed by atoms with Crippen molar-refractivity contribution in [1.29, 1.82) is 0 Å². The SMILES string of the molecule is C=C(CNC(C)C)CN1CC(C)OCC1CC. The van der Waals surface area contributed by atoms with Crippen LogP contribution in [0.1, 0.15) is 34.1 Å². The Kier molecular flexibility index (Phi) is 6.17. The third kappa shape index (κ3) is 5.19. The van der Waals surface area contributed by atoms with Gasteiger partial charge in [0.1, 0.15) is 0 Å². The second-order valence-electron chi connectivity index (χ2n) is 5.42. The molecule has 0 amide bonds. The highest BCUT2D eigenvalue weighted by Crippen LogP contribution is 2.15. The average Bonchev–Trinajstić information content (AvgIpc) is 2.27.